The third kappa shape index (κ3) is 3.57. The van der Waals surface area contributed by atoms with Gasteiger partial charge in [-0.2, -0.15) is 95.1 Å². The van der Waals surface area contributed by atoms with E-state index in [0.29, 0.717) is 22.5 Å². The molecule has 0 amide bonds. The second-order valence-corrected chi connectivity index (χ2v) is 11.1. The zero-order chi connectivity index (χ0) is 28.1. The molecule has 3 aliphatic heterocycles. The molecule has 4 aliphatic rings. The number of rotatable bonds is 0. The molecule has 206 valence electrons. The maximum atomic E-state index is 18.3. The second kappa shape index (κ2) is 9.31. The van der Waals surface area contributed by atoms with Gasteiger partial charge in [-0.25, -0.2) is 13.8 Å². The van der Waals surface area contributed by atoms with Gasteiger partial charge >= 0.3 is 20.1 Å². The quantitative estimate of drug-likeness (QED) is 0.157. The van der Waals surface area contributed by atoms with Gasteiger partial charge in [0.1, 0.15) is 0 Å². The van der Waals surface area contributed by atoms with E-state index in [0.717, 1.165) is 11.1 Å². The molecule has 16 bridgehead atoms. The van der Waals surface area contributed by atoms with Gasteiger partial charge in [-0.05, 0) is 36.4 Å². The molecule has 0 saturated carbocycles. The summed E-state index contributed by atoms with van der Waals surface area (Å²) >= 11 is 0. The Morgan fingerprint density at radius 1 is 0.442 bits per heavy atom. The molecule has 43 heavy (non-hydrogen) atoms. The fourth-order valence-electron chi connectivity index (χ4n) is 6.77. The number of aromatic nitrogens is 3. The third-order valence-corrected chi connectivity index (χ3v) is 8.76. The summed E-state index contributed by atoms with van der Waals surface area (Å²) in [6.07, 6.45) is 0. The first-order valence-corrected chi connectivity index (χ1v) is 13.9. The molecular formula is C37H20F2IrN3. The van der Waals surface area contributed by atoms with Crippen LogP contribution in [0, 0.1) is 18.2 Å². The molecule has 3 nitrogen and oxygen atoms in total. The van der Waals surface area contributed by atoms with E-state index in [-0.39, 0.29) is 54.0 Å². The summed E-state index contributed by atoms with van der Waals surface area (Å²) in [6.45, 7) is 0. The Balaban J connectivity index is 0.00000278. The molecular weight excluding hydrogens is 717 g/mol. The van der Waals surface area contributed by atoms with E-state index < -0.39 is 23.2 Å². The molecule has 2 unspecified atom stereocenters. The number of nitrogens with zero attached hydrogens (tertiary/aromatic N) is 3. The van der Waals surface area contributed by atoms with E-state index in [4.69, 9.17) is 15.0 Å². The predicted octanol–water partition coefficient (Wildman–Crippen LogP) is 7.09. The smallest absolute Gasteiger partial charge is 0.253 e. The zero-order valence-corrected chi connectivity index (χ0v) is 24.9. The summed E-state index contributed by atoms with van der Waals surface area (Å²) in [6, 6.07) is 42.9. The van der Waals surface area contributed by atoms with Crippen molar-refractivity contribution in [2.75, 3.05) is 0 Å². The van der Waals surface area contributed by atoms with Crippen molar-refractivity contribution < 1.29 is 28.9 Å². The molecule has 1 aliphatic carbocycles. The van der Waals surface area contributed by atoms with Crippen molar-refractivity contribution >= 4 is 0 Å². The van der Waals surface area contributed by atoms with Crippen LogP contribution >= 0.6 is 0 Å². The maximum absolute atomic E-state index is 18.3. The predicted molar refractivity (Wildman–Crippen MR) is 152 cm³/mol. The van der Waals surface area contributed by atoms with Gasteiger partial charge in [-0.3, -0.25) is 9.97 Å². The van der Waals surface area contributed by atoms with Crippen LogP contribution in [0.15, 0.2) is 109 Å². The van der Waals surface area contributed by atoms with Crippen LogP contribution in [0.4, 0.5) is 8.78 Å². The SMILES string of the molecule is FC12c3[c-]c(ccc3)C3c4[c-]c(ccc4)C(c4[c-]c1ccc4)c1cccc(n1)C(F)(c1cccc3n1)c1cccc2n1.[Ir+3]. The number of hydrogen-bond donors (Lipinski definition) is 0. The van der Waals surface area contributed by atoms with Crippen LogP contribution in [-0.2, 0) is 31.4 Å². The van der Waals surface area contributed by atoms with Crippen molar-refractivity contribution in [3.8, 4) is 0 Å². The first-order valence-electron chi connectivity index (χ1n) is 13.9. The van der Waals surface area contributed by atoms with E-state index in [2.05, 4.69) is 18.2 Å². The van der Waals surface area contributed by atoms with Crippen LogP contribution in [0.1, 0.15) is 79.4 Å². The van der Waals surface area contributed by atoms with Gasteiger partial charge in [0, 0.05) is 23.2 Å². The van der Waals surface area contributed by atoms with Crippen LogP contribution in [0.25, 0.3) is 0 Å². The van der Waals surface area contributed by atoms with Crippen molar-refractivity contribution in [1.29, 1.82) is 0 Å². The average molecular weight is 737 g/mol. The van der Waals surface area contributed by atoms with Gasteiger partial charge in [0.2, 0.25) is 5.67 Å². The number of hydrogen-bond acceptors (Lipinski definition) is 3. The number of halogens is 2. The van der Waals surface area contributed by atoms with Crippen LogP contribution in [0.3, 0.4) is 0 Å². The van der Waals surface area contributed by atoms with Gasteiger partial charge in [0.15, 0.2) is 5.67 Å². The number of pyridine rings is 3. The van der Waals surface area contributed by atoms with Crippen LogP contribution in [-0.4, -0.2) is 15.0 Å². The van der Waals surface area contributed by atoms with Crippen LogP contribution in [0.5, 0.6) is 0 Å². The van der Waals surface area contributed by atoms with Crippen molar-refractivity contribution in [1.82, 2.24) is 15.0 Å². The summed E-state index contributed by atoms with van der Waals surface area (Å²) in [7, 11) is 0. The average Bonchev–Trinajstić information content (AvgIpc) is 3.04. The molecule has 0 spiro atoms. The van der Waals surface area contributed by atoms with Crippen molar-refractivity contribution in [3.05, 3.63) is 195 Å². The van der Waals surface area contributed by atoms with Crippen molar-refractivity contribution in [3.63, 3.8) is 0 Å². The Hall–Kier alpha value is -4.38. The van der Waals surface area contributed by atoms with Crippen LogP contribution in [0.2, 0.25) is 0 Å². The minimum absolute atomic E-state index is 0. The molecule has 10 rings (SSSR count). The zero-order valence-electron chi connectivity index (χ0n) is 22.5. The van der Waals surface area contributed by atoms with Gasteiger partial charge in [0.25, 0.3) is 0 Å². The van der Waals surface area contributed by atoms with E-state index in [1.807, 2.05) is 66.7 Å². The van der Waals surface area contributed by atoms with Gasteiger partial charge in [-0.1, -0.05) is 18.2 Å². The fourth-order valence-corrected chi connectivity index (χ4v) is 6.77. The van der Waals surface area contributed by atoms with E-state index in [1.54, 1.807) is 42.5 Å². The maximum Gasteiger partial charge on any atom is 3.00 e. The Bertz CT molecular complexity index is 1840. The molecule has 0 N–H and O–H groups in total. The first-order chi connectivity index (χ1) is 20.5. The fraction of sp³-hybridized carbons (Fsp3) is 0.108. The number of benzene rings is 3. The van der Waals surface area contributed by atoms with Gasteiger partial charge in [-0.15, -0.1) is 11.1 Å². The van der Waals surface area contributed by atoms with E-state index >= 15 is 8.78 Å². The largest absolute Gasteiger partial charge is 3.00 e. The summed E-state index contributed by atoms with van der Waals surface area (Å²) in [5.41, 5.74) is 0.513. The second-order valence-electron chi connectivity index (χ2n) is 11.1. The third-order valence-electron chi connectivity index (χ3n) is 8.76. The monoisotopic (exact) mass is 737 g/mol. The molecule has 6 aromatic rings. The summed E-state index contributed by atoms with van der Waals surface area (Å²) in [5, 5.41) is 0. The molecule has 2 atom stereocenters. The molecule has 6 heterocycles. The minimum atomic E-state index is -2.36. The Kier molecular flexibility index (Phi) is 5.68. The van der Waals surface area contributed by atoms with Gasteiger partial charge < -0.3 is 0 Å². The van der Waals surface area contributed by atoms with Gasteiger partial charge in [0.05, 0.1) is 22.8 Å². The minimum Gasteiger partial charge on any atom is -0.253 e. The normalized spacial score (nSPS) is 23.6. The summed E-state index contributed by atoms with van der Waals surface area (Å²) < 4.78 is 36.5. The van der Waals surface area contributed by atoms with Crippen molar-refractivity contribution in [2.24, 2.45) is 0 Å². The van der Waals surface area contributed by atoms with Crippen LogP contribution < -0.4 is 0 Å². The first kappa shape index (κ1) is 26.3. The Morgan fingerprint density at radius 3 is 1.33 bits per heavy atom. The molecule has 3 aromatic heterocycles. The molecule has 3 aromatic carbocycles. The van der Waals surface area contributed by atoms with E-state index in [9.17, 15) is 0 Å². The molecule has 6 heteroatoms. The molecule has 0 saturated heterocycles. The topological polar surface area (TPSA) is 38.7 Å². The molecule has 0 fully saturated rings. The molecule has 0 radical (unpaired) electrons. The van der Waals surface area contributed by atoms with Crippen molar-refractivity contribution in [2.45, 2.75) is 23.2 Å². The summed E-state index contributed by atoms with van der Waals surface area (Å²) in [5.74, 6) is -0.950. The summed E-state index contributed by atoms with van der Waals surface area (Å²) in [4.78, 5) is 14.7. The Labute approximate surface area is 261 Å². The van der Waals surface area contributed by atoms with E-state index in [1.165, 1.54) is 0 Å². The number of alkyl halides is 2. The standard InChI is InChI=1S/C37H20F2N3.Ir/c38-36-26-11-2-9-24(20-26)34-22-7-1-8-23(19-22)35(25-10-3-12-27(36)21-25)29-14-5-16-32(41-29)37(39,31-15-4-13-28(34)40-31)33-18-6-17-30(36)42-33;/h1-18,34-35H;/q-3;+3. The Morgan fingerprint density at radius 2 is 0.814 bits per heavy atom.